The van der Waals surface area contributed by atoms with E-state index in [0.29, 0.717) is 19.3 Å². The highest BCUT2D eigenvalue weighted by atomic mass is 32.1. The number of aromatic nitrogens is 1. The van der Waals surface area contributed by atoms with E-state index in [9.17, 15) is 13.2 Å². The van der Waals surface area contributed by atoms with Crippen molar-refractivity contribution in [3.05, 3.63) is 16.1 Å². The molecule has 0 bridgehead atoms. The molecule has 2 rings (SSSR count). The topological polar surface area (TPSA) is 50.9 Å². The molecule has 1 aliphatic rings. The molecule has 1 heterocycles. The lowest BCUT2D eigenvalue weighted by Gasteiger charge is -2.37. The fourth-order valence-electron chi connectivity index (χ4n) is 3.11. The molecule has 1 aromatic heterocycles. The number of thiazole rings is 1. The molecule has 0 radical (unpaired) electrons. The van der Waals surface area contributed by atoms with Gasteiger partial charge in [-0.2, -0.15) is 13.2 Å². The zero-order valence-electron chi connectivity index (χ0n) is 11.4. The molecule has 0 spiro atoms. The zero-order chi connectivity index (χ0) is 14.8. The van der Waals surface area contributed by atoms with Crippen LogP contribution in [0.25, 0.3) is 0 Å². The number of alkyl halides is 3. The summed E-state index contributed by atoms with van der Waals surface area (Å²) in [4.78, 5) is 4.32. The van der Waals surface area contributed by atoms with E-state index >= 15 is 0 Å². The summed E-state index contributed by atoms with van der Waals surface area (Å²) < 4.78 is 39.4. The van der Waals surface area contributed by atoms with Gasteiger partial charge in [0.1, 0.15) is 0 Å². The Morgan fingerprint density at radius 3 is 2.70 bits per heavy atom. The molecule has 0 aliphatic heterocycles. The van der Waals surface area contributed by atoms with E-state index < -0.39 is 18.0 Å². The molecule has 7 heteroatoms. The highest BCUT2D eigenvalue weighted by molar-refractivity contribution is 7.09. The average molecular weight is 307 g/mol. The summed E-state index contributed by atoms with van der Waals surface area (Å²) in [6.45, 7) is 1.89. The Bertz CT molecular complexity index is 433. The zero-order valence-corrected chi connectivity index (χ0v) is 12.2. The first-order chi connectivity index (χ1) is 9.41. The van der Waals surface area contributed by atoms with Gasteiger partial charge < -0.3 is 0 Å². The molecule has 3 nitrogen and oxygen atoms in total. The molecule has 114 valence electrons. The van der Waals surface area contributed by atoms with Crippen molar-refractivity contribution < 1.29 is 13.2 Å². The van der Waals surface area contributed by atoms with Gasteiger partial charge in [-0.15, -0.1) is 11.3 Å². The summed E-state index contributed by atoms with van der Waals surface area (Å²) in [5, 5.41) is 2.82. The first-order valence-electron chi connectivity index (χ1n) is 6.85. The number of nitrogens with one attached hydrogen (secondary N) is 1. The van der Waals surface area contributed by atoms with Crippen molar-refractivity contribution in [2.75, 3.05) is 0 Å². The van der Waals surface area contributed by atoms with Crippen LogP contribution in [0.4, 0.5) is 13.2 Å². The molecular formula is C13H20F3N3S. The minimum atomic E-state index is -4.14. The summed E-state index contributed by atoms with van der Waals surface area (Å²) in [5.41, 5.74) is 3.42. The first kappa shape index (κ1) is 15.7. The van der Waals surface area contributed by atoms with E-state index in [1.54, 1.807) is 0 Å². The van der Waals surface area contributed by atoms with Crippen molar-refractivity contribution in [2.24, 2.45) is 17.7 Å². The highest BCUT2D eigenvalue weighted by Crippen LogP contribution is 2.43. The Morgan fingerprint density at radius 1 is 1.45 bits per heavy atom. The van der Waals surface area contributed by atoms with Crippen molar-refractivity contribution in [1.29, 1.82) is 0 Å². The Hall–Kier alpha value is -0.660. The predicted molar refractivity (Wildman–Crippen MR) is 73.2 cm³/mol. The quantitative estimate of drug-likeness (QED) is 0.663. The number of nitrogens with two attached hydrogens (primary N) is 1. The summed E-state index contributed by atoms with van der Waals surface area (Å²) >= 11 is 1.51. The molecule has 1 aromatic rings. The summed E-state index contributed by atoms with van der Waals surface area (Å²) in [6, 6.07) is -0.372. The van der Waals surface area contributed by atoms with Crippen LogP contribution in [0.2, 0.25) is 0 Å². The molecule has 0 amide bonds. The predicted octanol–water partition coefficient (Wildman–Crippen LogP) is 3.19. The van der Waals surface area contributed by atoms with E-state index in [1.807, 2.05) is 12.3 Å². The third-order valence-electron chi connectivity index (χ3n) is 4.07. The van der Waals surface area contributed by atoms with E-state index in [2.05, 4.69) is 10.4 Å². The third-order valence-corrected chi connectivity index (χ3v) is 4.89. The maximum absolute atomic E-state index is 13.1. The van der Waals surface area contributed by atoms with E-state index in [0.717, 1.165) is 17.1 Å². The molecule has 3 N–H and O–H groups in total. The highest BCUT2D eigenvalue weighted by Gasteiger charge is 2.47. The SMILES string of the molecule is Cc1nc(CC(NN)C2CCCCC2C(F)(F)F)cs1. The number of aryl methyl sites for hydroxylation is 1. The first-order valence-corrected chi connectivity index (χ1v) is 7.73. The van der Waals surface area contributed by atoms with Gasteiger partial charge in [0.25, 0.3) is 0 Å². The molecule has 1 saturated carbocycles. The largest absolute Gasteiger partial charge is 0.392 e. The van der Waals surface area contributed by atoms with Crippen LogP contribution in [0, 0.1) is 18.8 Å². The Kier molecular flexibility index (Phi) is 5.04. The molecule has 0 aromatic carbocycles. The number of hydrazine groups is 1. The minimum Gasteiger partial charge on any atom is -0.271 e. The van der Waals surface area contributed by atoms with Gasteiger partial charge in [-0.25, -0.2) is 4.98 Å². The van der Waals surface area contributed by atoms with Gasteiger partial charge in [0.15, 0.2) is 0 Å². The van der Waals surface area contributed by atoms with E-state index in [4.69, 9.17) is 5.84 Å². The smallest absolute Gasteiger partial charge is 0.271 e. The number of nitrogens with zero attached hydrogens (tertiary/aromatic N) is 1. The van der Waals surface area contributed by atoms with E-state index in [-0.39, 0.29) is 12.5 Å². The second-order valence-electron chi connectivity index (χ2n) is 5.43. The second kappa shape index (κ2) is 6.41. The molecule has 20 heavy (non-hydrogen) atoms. The molecule has 1 aliphatic carbocycles. The van der Waals surface area contributed by atoms with Crippen LogP contribution in [-0.4, -0.2) is 17.2 Å². The summed E-state index contributed by atoms with van der Waals surface area (Å²) in [6.07, 6.45) is -1.42. The normalized spacial score (nSPS) is 25.6. The maximum Gasteiger partial charge on any atom is 0.392 e. The second-order valence-corrected chi connectivity index (χ2v) is 6.49. The number of rotatable bonds is 4. The van der Waals surface area contributed by atoms with Gasteiger partial charge >= 0.3 is 6.18 Å². The van der Waals surface area contributed by atoms with Crippen LogP contribution in [0.15, 0.2) is 5.38 Å². The van der Waals surface area contributed by atoms with E-state index in [1.165, 1.54) is 11.3 Å². The van der Waals surface area contributed by atoms with Crippen molar-refractivity contribution in [3.63, 3.8) is 0 Å². The lowest BCUT2D eigenvalue weighted by molar-refractivity contribution is -0.199. The molecule has 1 fully saturated rings. The Morgan fingerprint density at radius 2 is 2.15 bits per heavy atom. The number of hydrogen-bond donors (Lipinski definition) is 2. The fourth-order valence-corrected chi connectivity index (χ4v) is 3.73. The summed E-state index contributed by atoms with van der Waals surface area (Å²) in [7, 11) is 0. The number of hydrogen-bond acceptors (Lipinski definition) is 4. The molecule has 3 atom stereocenters. The van der Waals surface area contributed by atoms with Crippen LogP contribution in [0.1, 0.15) is 36.4 Å². The standard InChI is InChI=1S/C13H20F3N3S/c1-8-18-9(7-20-8)6-12(19-17)10-4-2-3-5-11(10)13(14,15)16/h7,10-12,19H,2-6,17H2,1H3. The fraction of sp³-hybridized carbons (Fsp3) is 0.769. The molecular weight excluding hydrogens is 287 g/mol. The van der Waals surface area contributed by atoms with Crippen molar-refractivity contribution in [2.45, 2.75) is 51.2 Å². The van der Waals surface area contributed by atoms with Crippen LogP contribution >= 0.6 is 11.3 Å². The maximum atomic E-state index is 13.1. The van der Waals surface area contributed by atoms with Gasteiger partial charge in [0.05, 0.1) is 16.6 Å². The third kappa shape index (κ3) is 3.71. The van der Waals surface area contributed by atoms with Crippen molar-refractivity contribution >= 4 is 11.3 Å². The monoisotopic (exact) mass is 307 g/mol. The average Bonchev–Trinajstić information content (AvgIpc) is 2.80. The van der Waals surface area contributed by atoms with Crippen molar-refractivity contribution in [1.82, 2.24) is 10.4 Å². The summed E-state index contributed by atoms with van der Waals surface area (Å²) in [5.74, 6) is 3.81. The Labute approximate surface area is 120 Å². The van der Waals surface area contributed by atoms with Crippen molar-refractivity contribution in [3.8, 4) is 0 Å². The Balaban J connectivity index is 2.11. The molecule has 0 saturated heterocycles. The van der Waals surface area contributed by atoms with Gasteiger partial charge in [-0.3, -0.25) is 11.3 Å². The lowest BCUT2D eigenvalue weighted by Crippen LogP contribution is -2.49. The van der Waals surface area contributed by atoms with Gasteiger partial charge in [0.2, 0.25) is 0 Å². The van der Waals surface area contributed by atoms with Crippen LogP contribution < -0.4 is 11.3 Å². The van der Waals surface area contributed by atoms with Gasteiger partial charge in [-0.1, -0.05) is 12.8 Å². The number of halogens is 3. The molecule has 3 unspecified atom stereocenters. The van der Waals surface area contributed by atoms with Gasteiger partial charge in [-0.05, 0) is 25.7 Å². The lowest BCUT2D eigenvalue weighted by atomic mass is 9.74. The van der Waals surface area contributed by atoms with Crippen LogP contribution in [0.3, 0.4) is 0 Å². The van der Waals surface area contributed by atoms with Crippen LogP contribution in [-0.2, 0) is 6.42 Å². The van der Waals surface area contributed by atoms with Gasteiger partial charge in [0, 0.05) is 17.8 Å². The minimum absolute atomic E-state index is 0.211. The van der Waals surface area contributed by atoms with Crippen LogP contribution in [0.5, 0.6) is 0 Å².